The van der Waals surface area contributed by atoms with Gasteiger partial charge in [0.05, 0.1) is 65.6 Å². The molecule has 0 spiro atoms. The number of fused-ring (bicyclic) bond motifs is 6. The third-order valence-electron chi connectivity index (χ3n) is 13.3. The number of nitrogens with one attached hydrogen (secondary N) is 1. The third-order valence-corrected chi connectivity index (χ3v) is 14.4. The molecular weight excluding hydrogens is 1080 g/mol. The van der Waals surface area contributed by atoms with Gasteiger partial charge in [-0.15, -0.1) is 0 Å². The lowest BCUT2D eigenvalue weighted by Gasteiger charge is -2.35. The smallest absolute Gasteiger partial charge is 0.160 e. The highest BCUT2D eigenvalue weighted by molar-refractivity contribution is 6.40. The monoisotopic (exact) mass is 1130 g/mol. The van der Waals surface area contributed by atoms with Crippen LogP contribution in [0.1, 0.15) is 16.7 Å². The molecule has 0 unspecified atom stereocenters. The molecule has 3 aliphatic rings. The molecule has 0 atom stereocenters. The minimum absolute atomic E-state index is 0.0741. The predicted molar refractivity (Wildman–Crippen MR) is 330 cm³/mol. The molecule has 14 rings (SSSR count). The lowest BCUT2D eigenvalue weighted by Crippen LogP contribution is -2.17. The van der Waals surface area contributed by atoms with Crippen LogP contribution in [0.3, 0.4) is 0 Å². The van der Waals surface area contributed by atoms with Gasteiger partial charge >= 0.3 is 0 Å². The molecule has 0 amide bonds. The standard InChI is InChI=1S/C31H23NO.C19H13Cl2NO.C12H9NO.C7H5Cl2F/c1-22-20-25(23-12-4-2-5-13-23)31(26(21-22)24-14-6-3-7-15-24)32-27-16-8-10-18-29(27)33-30-19-11-9-17-28(30)32;1-12-10-13(20)19(14(21)11-12)22-15-6-2-4-8-17(15)23-18-9-5-3-7-16(18)22;1-3-7-11-9(5-1)13-10-6-2-4-8-12(10)14-11;1-4-2-5(8)7(10)6(9)3-4/h2-21H,1H3;2-11H,1H3;1-8,13H;2-3H,1H3. The van der Waals surface area contributed by atoms with Crippen LogP contribution in [-0.2, 0) is 0 Å². The molecule has 80 heavy (non-hydrogen) atoms. The van der Waals surface area contributed by atoms with E-state index in [1.54, 1.807) is 6.92 Å². The number of ether oxygens (including phenoxy) is 3. The molecule has 3 heterocycles. The number of benzene rings is 11. The average Bonchev–Trinajstić information content (AvgIpc) is 3.53. The third kappa shape index (κ3) is 11.3. The summed E-state index contributed by atoms with van der Waals surface area (Å²) in [4.78, 5) is 4.41. The van der Waals surface area contributed by atoms with Crippen molar-refractivity contribution in [2.75, 3.05) is 15.1 Å². The first-order valence-electron chi connectivity index (χ1n) is 25.8. The Kier molecular flexibility index (Phi) is 15.8. The molecule has 11 aromatic carbocycles. The van der Waals surface area contributed by atoms with Crippen LogP contribution in [0.5, 0.6) is 34.5 Å². The summed E-state index contributed by atoms with van der Waals surface area (Å²) in [5.41, 5.74) is 15.7. The Morgan fingerprint density at radius 1 is 0.325 bits per heavy atom. The van der Waals surface area contributed by atoms with Gasteiger partial charge in [-0.1, -0.05) is 180 Å². The van der Waals surface area contributed by atoms with Gasteiger partial charge in [0.15, 0.2) is 40.3 Å². The molecule has 0 saturated heterocycles. The Bertz CT molecular complexity index is 3760. The van der Waals surface area contributed by atoms with E-state index in [1.807, 2.05) is 140 Å². The molecule has 11 aromatic rings. The summed E-state index contributed by atoms with van der Waals surface area (Å²) < 4.78 is 30.7. The highest BCUT2D eigenvalue weighted by Gasteiger charge is 2.31. The number of halogens is 5. The number of para-hydroxylation sites is 12. The van der Waals surface area contributed by atoms with Gasteiger partial charge in [-0.05, 0) is 158 Å². The fourth-order valence-electron chi connectivity index (χ4n) is 9.76. The van der Waals surface area contributed by atoms with Crippen LogP contribution in [0.2, 0.25) is 20.1 Å². The highest BCUT2D eigenvalue weighted by atomic mass is 35.5. The number of nitrogens with zero attached hydrogens (tertiary/aromatic N) is 2. The minimum Gasteiger partial charge on any atom is -0.453 e. The second-order valence-electron chi connectivity index (χ2n) is 19.0. The lowest BCUT2D eigenvalue weighted by atomic mass is 9.92. The Labute approximate surface area is 485 Å². The molecular formula is C69H50Cl4FN3O3. The van der Waals surface area contributed by atoms with Gasteiger partial charge in [0, 0.05) is 11.1 Å². The van der Waals surface area contributed by atoms with Gasteiger partial charge in [0.25, 0.3) is 0 Å². The fourth-order valence-corrected chi connectivity index (χ4v) is 11.1. The number of hydrogen-bond donors (Lipinski definition) is 1. The van der Waals surface area contributed by atoms with E-state index in [4.69, 9.17) is 60.6 Å². The molecule has 0 aliphatic carbocycles. The quantitative estimate of drug-likeness (QED) is 0.177. The summed E-state index contributed by atoms with van der Waals surface area (Å²) in [5, 5.41) is 4.69. The largest absolute Gasteiger partial charge is 0.453 e. The van der Waals surface area contributed by atoms with Crippen molar-refractivity contribution in [1.82, 2.24) is 0 Å². The molecule has 1 N–H and O–H groups in total. The van der Waals surface area contributed by atoms with E-state index in [-0.39, 0.29) is 10.0 Å². The van der Waals surface area contributed by atoms with Crippen molar-refractivity contribution in [3.8, 4) is 56.8 Å². The van der Waals surface area contributed by atoms with E-state index < -0.39 is 5.82 Å². The van der Waals surface area contributed by atoms with Crippen molar-refractivity contribution in [3.63, 3.8) is 0 Å². The molecule has 6 nitrogen and oxygen atoms in total. The molecule has 0 radical (unpaired) electrons. The topological polar surface area (TPSA) is 46.2 Å². The Balaban J connectivity index is 0.000000124. The van der Waals surface area contributed by atoms with Crippen LogP contribution in [0, 0.1) is 26.6 Å². The van der Waals surface area contributed by atoms with Crippen molar-refractivity contribution < 1.29 is 18.6 Å². The average molecular weight is 1130 g/mol. The van der Waals surface area contributed by atoms with E-state index in [0.29, 0.717) is 10.0 Å². The number of aryl methyl sites for hydroxylation is 3. The van der Waals surface area contributed by atoms with Gasteiger partial charge in [-0.2, -0.15) is 0 Å². The Morgan fingerprint density at radius 3 is 1.00 bits per heavy atom. The van der Waals surface area contributed by atoms with Crippen LogP contribution in [0.4, 0.5) is 49.9 Å². The van der Waals surface area contributed by atoms with Gasteiger partial charge in [-0.25, -0.2) is 4.39 Å². The summed E-state index contributed by atoms with van der Waals surface area (Å²) in [6.07, 6.45) is 0. The van der Waals surface area contributed by atoms with E-state index in [9.17, 15) is 4.39 Å². The number of rotatable bonds is 4. The van der Waals surface area contributed by atoms with Crippen LogP contribution < -0.4 is 29.3 Å². The molecule has 3 aliphatic heterocycles. The van der Waals surface area contributed by atoms with Crippen molar-refractivity contribution in [3.05, 3.63) is 285 Å². The van der Waals surface area contributed by atoms with Gasteiger partial charge < -0.3 is 29.3 Å². The molecule has 0 fully saturated rings. The number of hydrogen-bond acceptors (Lipinski definition) is 6. The summed E-state index contributed by atoms with van der Waals surface area (Å²) in [6.45, 7) is 5.95. The van der Waals surface area contributed by atoms with Crippen molar-refractivity contribution >= 4 is 91.9 Å². The summed E-state index contributed by atoms with van der Waals surface area (Å²) in [5.74, 6) is 4.48. The van der Waals surface area contributed by atoms with E-state index in [1.165, 1.54) is 39.9 Å². The maximum atomic E-state index is 12.6. The zero-order valence-electron chi connectivity index (χ0n) is 43.6. The molecule has 0 bridgehead atoms. The maximum absolute atomic E-state index is 12.6. The van der Waals surface area contributed by atoms with Crippen molar-refractivity contribution in [2.24, 2.45) is 0 Å². The van der Waals surface area contributed by atoms with Crippen LogP contribution in [0.25, 0.3) is 22.3 Å². The maximum Gasteiger partial charge on any atom is 0.160 e. The SMILES string of the molecule is Cc1cc(-c2ccccc2)c(N2c3ccccc3Oc3ccccc32)c(-c2ccccc2)c1.Cc1cc(Cl)c(F)c(Cl)c1.Cc1cc(Cl)c(N2c3ccccc3Oc3ccccc32)c(Cl)c1.c1ccc2c(c1)Nc1ccccc1O2. The first-order valence-corrected chi connectivity index (χ1v) is 27.3. The van der Waals surface area contributed by atoms with E-state index in [0.717, 1.165) is 91.1 Å². The lowest BCUT2D eigenvalue weighted by molar-refractivity contribution is 0.477. The fraction of sp³-hybridized carbons (Fsp3) is 0.0435. The van der Waals surface area contributed by atoms with Crippen LogP contribution in [0.15, 0.2) is 243 Å². The first kappa shape index (κ1) is 53.3. The summed E-state index contributed by atoms with van der Waals surface area (Å²) in [6, 6.07) is 80.8. The second-order valence-corrected chi connectivity index (χ2v) is 20.7. The molecule has 394 valence electrons. The van der Waals surface area contributed by atoms with Crippen LogP contribution >= 0.6 is 46.4 Å². The molecule has 11 heteroatoms. The zero-order chi connectivity index (χ0) is 55.3. The summed E-state index contributed by atoms with van der Waals surface area (Å²) >= 11 is 24.0. The Morgan fingerprint density at radius 2 is 0.613 bits per heavy atom. The van der Waals surface area contributed by atoms with Gasteiger partial charge in [0.2, 0.25) is 0 Å². The second kappa shape index (κ2) is 23.7. The summed E-state index contributed by atoms with van der Waals surface area (Å²) in [7, 11) is 0. The van der Waals surface area contributed by atoms with Crippen molar-refractivity contribution in [2.45, 2.75) is 20.8 Å². The molecule has 0 aromatic heterocycles. The predicted octanol–water partition coefficient (Wildman–Crippen LogP) is 22.8. The Hall–Kier alpha value is -8.69. The normalized spacial score (nSPS) is 11.8. The first-order chi connectivity index (χ1) is 39.0. The highest BCUT2D eigenvalue weighted by Crippen LogP contribution is 2.56. The van der Waals surface area contributed by atoms with Crippen LogP contribution in [-0.4, -0.2) is 0 Å². The van der Waals surface area contributed by atoms with Gasteiger partial charge in [0.1, 0.15) is 0 Å². The zero-order valence-corrected chi connectivity index (χ0v) is 46.6. The number of anilines is 8. The van der Waals surface area contributed by atoms with Gasteiger partial charge in [-0.3, -0.25) is 0 Å². The van der Waals surface area contributed by atoms with Crippen molar-refractivity contribution in [1.29, 1.82) is 0 Å². The minimum atomic E-state index is -0.547. The van der Waals surface area contributed by atoms with E-state index in [2.05, 4.69) is 119 Å². The van der Waals surface area contributed by atoms with E-state index >= 15 is 0 Å². The molecule has 0 saturated carbocycles.